The van der Waals surface area contributed by atoms with Gasteiger partial charge in [-0.15, -0.1) is 0 Å². The van der Waals surface area contributed by atoms with Gasteiger partial charge >= 0.3 is 0 Å². The molecule has 0 aromatic carbocycles. The van der Waals surface area contributed by atoms with Gasteiger partial charge in [0.15, 0.2) is 0 Å². The summed E-state index contributed by atoms with van der Waals surface area (Å²) in [5, 5.41) is 3.39. The van der Waals surface area contributed by atoms with Gasteiger partial charge in [-0.1, -0.05) is 32.1 Å². The summed E-state index contributed by atoms with van der Waals surface area (Å²) in [7, 11) is 2.10. The predicted octanol–water partition coefficient (Wildman–Crippen LogP) is 3.36. The molecule has 1 aliphatic carbocycles. The van der Waals surface area contributed by atoms with Crippen molar-refractivity contribution in [3.63, 3.8) is 0 Å². The van der Waals surface area contributed by atoms with Crippen LogP contribution in [0.25, 0.3) is 0 Å². The van der Waals surface area contributed by atoms with Crippen molar-refractivity contribution < 1.29 is 4.74 Å². The first-order valence-electron chi connectivity index (χ1n) is 7.66. The Kier molecular flexibility index (Phi) is 5.79. The summed E-state index contributed by atoms with van der Waals surface area (Å²) in [4.78, 5) is 0. The molecule has 1 aliphatic heterocycles. The minimum Gasteiger partial charge on any atom is -0.378 e. The lowest BCUT2D eigenvalue weighted by molar-refractivity contribution is 0.0995. The van der Waals surface area contributed by atoms with Crippen molar-refractivity contribution >= 4 is 0 Å². The van der Waals surface area contributed by atoms with Crippen molar-refractivity contribution in [1.29, 1.82) is 0 Å². The molecular weight excluding hydrogens is 210 g/mol. The van der Waals surface area contributed by atoms with Gasteiger partial charge in [-0.25, -0.2) is 0 Å². The smallest absolute Gasteiger partial charge is 0.0576 e. The Morgan fingerprint density at radius 2 is 2.00 bits per heavy atom. The molecule has 0 aromatic heterocycles. The Bertz CT molecular complexity index is 195. The Morgan fingerprint density at radius 1 is 1.18 bits per heavy atom. The fourth-order valence-corrected chi connectivity index (χ4v) is 3.68. The Morgan fingerprint density at radius 3 is 2.65 bits per heavy atom. The number of ether oxygens (including phenoxy) is 1. The molecule has 0 amide bonds. The van der Waals surface area contributed by atoms with Crippen molar-refractivity contribution in [2.75, 3.05) is 20.2 Å². The summed E-state index contributed by atoms with van der Waals surface area (Å²) in [5.41, 5.74) is 0. The number of hydrogen-bond acceptors (Lipinski definition) is 2. The SMILES string of the molecule is CNCC(CCCC1CCCO1)C1CCCC1. The molecule has 2 unspecified atom stereocenters. The molecule has 0 aromatic rings. The molecule has 2 nitrogen and oxygen atoms in total. The molecule has 1 heterocycles. The van der Waals surface area contributed by atoms with Crippen LogP contribution in [0.1, 0.15) is 57.8 Å². The quantitative estimate of drug-likeness (QED) is 0.735. The highest BCUT2D eigenvalue weighted by molar-refractivity contribution is 4.77. The summed E-state index contributed by atoms with van der Waals surface area (Å²) in [6.45, 7) is 2.23. The summed E-state index contributed by atoms with van der Waals surface area (Å²) in [6.07, 6.45) is 13.2. The molecule has 1 saturated carbocycles. The second-order valence-corrected chi connectivity index (χ2v) is 5.93. The minimum absolute atomic E-state index is 0.591. The lowest BCUT2D eigenvalue weighted by Crippen LogP contribution is -2.25. The lowest BCUT2D eigenvalue weighted by Gasteiger charge is -2.23. The van der Waals surface area contributed by atoms with Crippen LogP contribution in [0.5, 0.6) is 0 Å². The molecular formula is C15H29NO. The number of nitrogens with one attached hydrogen (secondary N) is 1. The van der Waals surface area contributed by atoms with Crippen LogP contribution in [0.3, 0.4) is 0 Å². The molecule has 2 atom stereocenters. The molecule has 0 bridgehead atoms. The van der Waals surface area contributed by atoms with Crippen LogP contribution in [0.2, 0.25) is 0 Å². The highest BCUT2D eigenvalue weighted by Gasteiger charge is 2.24. The van der Waals surface area contributed by atoms with E-state index in [1.807, 2.05) is 0 Å². The van der Waals surface area contributed by atoms with Gasteiger partial charge in [-0.05, 0) is 51.1 Å². The second-order valence-electron chi connectivity index (χ2n) is 5.93. The van der Waals surface area contributed by atoms with Crippen molar-refractivity contribution in [2.45, 2.75) is 63.9 Å². The van der Waals surface area contributed by atoms with E-state index in [1.165, 1.54) is 64.3 Å². The van der Waals surface area contributed by atoms with Gasteiger partial charge in [0.25, 0.3) is 0 Å². The number of rotatable bonds is 7. The topological polar surface area (TPSA) is 21.3 Å². The molecule has 0 radical (unpaired) electrons. The maximum atomic E-state index is 5.70. The maximum Gasteiger partial charge on any atom is 0.0576 e. The van der Waals surface area contributed by atoms with Gasteiger partial charge in [0.1, 0.15) is 0 Å². The fraction of sp³-hybridized carbons (Fsp3) is 1.00. The third kappa shape index (κ3) is 4.26. The van der Waals surface area contributed by atoms with E-state index in [2.05, 4.69) is 12.4 Å². The van der Waals surface area contributed by atoms with E-state index >= 15 is 0 Å². The van der Waals surface area contributed by atoms with E-state index in [0.717, 1.165) is 18.4 Å². The van der Waals surface area contributed by atoms with Crippen LogP contribution in [0, 0.1) is 11.8 Å². The zero-order chi connectivity index (χ0) is 11.9. The fourth-order valence-electron chi connectivity index (χ4n) is 3.68. The third-order valence-corrected chi connectivity index (χ3v) is 4.66. The first kappa shape index (κ1) is 13.4. The van der Waals surface area contributed by atoms with Gasteiger partial charge in [0.05, 0.1) is 6.10 Å². The van der Waals surface area contributed by atoms with Crippen molar-refractivity contribution in [1.82, 2.24) is 5.32 Å². The lowest BCUT2D eigenvalue weighted by atomic mass is 9.86. The Balaban J connectivity index is 1.65. The van der Waals surface area contributed by atoms with Crippen LogP contribution < -0.4 is 5.32 Å². The Hall–Kier alpha value is -0.0800. The average molecular weight is 239 g/mol. The zero-order valence-electron chi connectivity index (χ0n) is 11.4. The van der Waals surface area contributed by atoms with E-state index in [9.17, 15) is 0 Å². The van der Waals surface area contributed by atoms with Crippen LogP contribution in [0.15, 0.2) is 0 Å². The molecule has 2 heteroatoms. The van der Waals surface area contributed by atoms with Gasteiger partial charge in [0, 0.05) is 6.61 Å². The van der Waals surface area contributed by atoms with Crippen molar-refractivity contribution in [2.24, 2.45) is 11.8 Å². The van der Waals surface area contributed by atoms with Gasteiger partial charge in [-0.2, -0.15) is 0 Å². The van der Waals surface area contributed by atoms with E-state index in [1.54, 1.807) is 0 Å². The zero-order valence-corrected chi connectivity index (χ0v) is 11.4. The Labute approximate surface area is 107 Å². The monoisotopic (exact) mass is 239 g/mol. The molecule has 1 saturated heterocycles. The van der Waals surface area contributed by atoms with Gasteiger partial charge in [-0.3, -0.25) is 0 Å². The molecule has 1 N–H and O–H groups in total. The largest absolute Gasteiger partial charge is 0.378 e. The molecule has 0 spiro atoms. The molecule has 2 aliphatic rings. The average Bonchev–Trinajstić information content (AvgIpc) is 3.01. The van der Waals surface area contributed by atoms with Crippen LogP contribution in [-0.2, 0) is 4.74 Å². The summed E-state index contributed by atoms with van der Waals surface area (Å²) in [6, 6.07) is 0. The third-order valence-electron chi connectivity index (χ3n) is 4.66. The van der Waals surface area contributed by atoms with E-state index in [0.29, 0.717) is 6.10 Å². The van der Waals surface area contributed by atoms with Crippen molar-refractivity contribution in [3.8, 4) is 0 Å². The highest BCUT2D eigenvalue weighted by Crippen LogP contribution is 2.34. The molecule has 17 heavy (non-hydrogen) atoms. The van der Waals surface area contributed by atoms with E-state index in [-0.39, 0.29) is 0 Å². The summed E-state index contributed by atoms with van der Waals surface area (Å²) < 4.78 is 5.70. The van der Waals surface area contributed by atoms with E-state index in [4.69, 9.17) is 4.74 Å². The maximum absolute atomic E-state index is 5.70. The van der Waals surface area contributed by atoms with Gasteiger partial charge < -0.3 is 10.1 Å². The summed E-state index contributed by atoms with van der Waals surface area (Å²) in [5.74, 6) is 1.93. The van der Waals surface area contributed by atoms with Crippen molar-refractivity contribution in [3.05, 3.63) is 0 Å². The first-order chi connectivity index (χ1) is 8.40. The molecule has 2 rings (SSSR count). The minimum atomic E-state index is 0.591. The molecule has 2 fully saturated rings. The second kappa shape index (κ2) is 7.38. The van der Waals surface area contributed by atoms with Crippen LogP contribution in [0.4, 0.5) is 0 Å². The van der Waals surface area contributed by atoms with E-state index < -0.39 is 0 Å². The first-order valence-corrected chi connectivity index (χ1v) is 7.66. The van der Waals surface area contributed by atoms with Gasteiger partial charge in [0.2, 0.25) is 0 Å². The highest BCUT2D eigenvalue weighted by atomic mass is 16.5. The molecule has 100 valence electrons. The summed E-state index contributed by atoms with van der Waals surface area (Å²) >= 11 is 0. The van der Waals surface area contributed by atoms with Crippen LogP contribution in [-0.4, -0.2) is 26.3 Å². The van der Waals surface area contributed by atoms with Crippen LogP contribution >= 0.6 is 0 Å². The normalized spacial score (nSPS) is 27.7. The number of hydrogen-bond donors (Lipinski definition) is 1. The predicted molar refractivity (Wildman–Crippen MR) is 72.2 cm³/mol. The standard InChI is InChI=1S/C15H29NO/c1-16-12-14(13-6-2-3-7-13)8-4-9-15-10-5-11-17-15/h13-16H,2-12H2,1H3.